The normalized spacial score (nSPS) is 9.76. The molecular weight excluding hydrogens is 268 g/mol. The number of rotatable bonds is 4. The fourth-order valence-corrected chi connectivity index (χ4v) is 1.66. The van der Waals surface area contributed by atoms with Crippen LogP contribution in [-0.4, -0.2) is 16.9 Å². The first-order chi connectivity index (χ1) is 10.1. The van der Waals surface area contributed by atoms with Crippen LogP contribution in [0.4, 0.5) is 16.3 Å². The molecule has 0 aliphatic heterocycles. The smallest absolute Gasteiger partial charge is 0.319 e. The molecule has 0 bridgehead atoms. The van der Waals surface area contributed by atoms with E-state index in [0.29, 0.717) is 12.4 Å². The molecule has 0 aliphatic carbocycles. The first kappa shape index (κ1) is 14.5. The van der Waals surface area contributed by atoms with E-state index < -0.39 is 0 Å². The number of aromatic nitrogens is 1. The summed E-state index contributed by atoms with van der Waals surface area (Å²) in [6, 6.07) is 12.4. The van der Waals surface area contributed by atoms with Crippen LogP contribution in [0.2, 0.25) is 0 Å². The van der Waals surface area contributed by atoms with Crippen molar-refractivity contribution in [3.63, 3.8) is 0 Å². The fourth-order valence-electron chi connectivity index (χ4n) is 1.66. The highest BCUT2D eigenvalue weighted by Crippen LogP contribution is 2.06. The molecule has 6 heteroatoms. The lowest BCUT2D eigenvalue weighted by atomic mass is 10.3. The number of amides is 3. The molecule has 21 heavy (non-hydrogen) atoms. The molecular formula is C15H16N4O2. The number of urea groups is 1. The summed E-state index contributed by atoms with van der Waals surface area (Å²) in [5.41, 5.74) is 1.57. The second-order valence-corrected chi connectivity index (χ2v) is 4.41. The number of nitrogens with one attached hydrogen (secondary N) is 3. The summed E-state index contributed by atoms with van der Waals surface area (Å²) >= 11 is 0. The molecule has 2 aromatic rings. The van der Waals surface area contributed by atoms with E-state index in [1.54, 1.807) is 18.3 Å². The van der Waals surface area contributed by atoms with Crippen molar-refractivity contribution in [2.24, 2.45) is 0 Å². The minimum absolute atomic E-state index is 0.171. The van der Waals surface area contributed by atoms with Gasteiger partial charge in [0.1, 0.15) is 5.82 Å². The summed E-state index contributed by atoms with van der Waals surface area (Å²) in [6.45, 7) is 1.77. The number of carbonyl (C=O) groups is 2. The lowest BCUT2D eigenvalue weighted by Crippen LogP contribution is -2.28. The number of hydrogen-bond acceptors (Lipinski definition) is 3. The first-order valence-electron chi connectivity index (χ1n) is 6.46. The molecule has 0 radical (unpaired) electrons. The molecule has 0 atom stereocenters. The van der Waals surface area contributed by atoms with Gasteiger partial charge in [-0.1, -0.05) is 24.3 Å². The zero-order valence-electron chi connectivity index (χ0n) is 11.6. The highest BCUT2D eigenvalue weighted by Gasteiger charge is 2.02. The SMILES string of the molecule is CC(=O)Nc1ccc(CNC(=O)Nc2ccccc2)cn1. The molecule has 1 aromatic heterocycles. The average Bonchev–Trinajstić information content (AvgIpc) is 2.47. The van der Waals surface area contributed by atoms with E-state index in [9.17, 15) is 9.59 Å². The second-order valence-electron chi connectivity index (χ2n) is 4.41. The molecule has 3 amide bonds. The molecule has 0 aliphatic rings. The topological polar surface area (TPSA) is 83.1 Å². The van der Waals surface area contributed by atoms with E-state index in [2.05, 4.69) is 20.9 Å². The third-order valence-corrected chi connectivity index (χ3v) is 2.61. The molecule has 6 nitrogen and oxygen atoms in total. The van der Waals surface area contributed by atoms with Gasteiger partial charge < -0.3 is 16.0 Å². The molecule has 108 valence electrons. The Bertz CT molecular complexity index is 611. The maximum atomic E-state index is 11.7. The first-order valence-corrected chi connectivity index (χ1v) is 6.46. The highest BCUT2D eigenvalue weighted by molar-refractivity contribution is 5.89. The summed E-state index contributed by atoms with van der Waals surface area (Å²) in [6.07, 6.45) is 1.61. The maximum absolute atomic E-state index is 11.7. The van der Waals surface area contributed by atoms with Crippen molar-refractivity contribution in [1.82, 2.24) is 10.3 Å². The summed E-state index contributed by atoms with van der Waals surface area (Å²) < 4.78 is 0. The third kappa shape index (κ3) is 4.94. The van der Waals surface area contributed by atoms with E-state index in [0.717, 1.165) is 11.3 Å². The Morgan fingerprint density at radius 1 is 1.05 bits per heavy atom. The Morgan fingerprint density at radius 3 is 2.43 bits per heavy atom. The van der Waals surface area contributed by atoms with Crippen molar-refractivity contribution in [2.45, 2.75) is 13.5 Å². The number of anilines is 2. The molecule has 0 saturated heterocycles. The van der Waals surface area contributed by atoms with Crippen molar-refractivity contribution in [1.29, 1.82) is 0 Å². The Labute approximate surface area is 122 Å². The van der Waals surface area contributed by atoms with Gasteiger partial charge in [0.2, 0.25) is 5.91 Å². The van der Waals surface area contributed by atoms with Crippen LogP contribution < -0.4 is 16.0 Å². The quantitative estimate of drug-likeness (QED) is 0.806. The molecule has 1 aromatic carbocycles. The summed E-state index contributed by atoms with van der Waals surface area (Å²) in [4.78, 5) is 26.6. The van der Waals surface area contributed by atoms with E-state index in [1.165, 1.54) is 6.92 Å². The van der Waals surface area contributed by atoms with Gasteiger partial charge in [-0.25, -0.2) is 9.78 Å². The lowest BCUT2D eigenvalue weighted by molar-refractivity contribution is -0.114. The second kappa shape index (κ2) is 7.04. The number of carbonyl (C=O) groups excluding carboxylic acids is 2. The third-order valence-electron chi connectivity index (χ3n) is 2.61. The van der Waals surface area contributed by atoms with E-state index in [-0.39, 0.29) is 11.9 Å². The standard InChI is InChI=1S/C15H16N4O2/c1-11(20)18-14-8-7-12(9-16-14)10-17-15(21)19-13-5-3-2-4-6-13/h2-9H,10H2,1H3,(H,16,18,20)(H2,17,19,21). The zero-order valence-corrected chi connectivity index (χ0v) is 11.6. The molecule has 0 unspecified atom stereocenters. The van der Waals surface area contributed by atoms with Crippen LogP contribution in [-0.2, 0) is 11.3 Å². The van der Waals surface area contributed by atoms with Crippen molar-refractivity contribution >= 4 is 23.4 Å². The minimum atomic E-state index is -0.285. The van der Waals surface area contributed by atoms with Crippen LogP contribution in [0, 0.1) is 0 Å². The summed E-state index contributed by atoms with van der Waals surface area (Å²) in [5, 5.41) is 8.03. The fraction of sp³-hybridized carbons (Fsp3) is 0.133. The van der Waals surface area contributed by atoms with Gasteiger partial charge in [0.25, 0.3) is 0 Å². The van der Waals surface area contributed by atoms with Crippen LogP contribution in [0.3, 0.4) is 0 Å². The molecule has 2 rings (SSSR count). The molecule has 0 spiro atoms. The van der Waals surface area contributed by atoms with Crippen LogP contribution in [0.25, 0.3) is 0 Å². The Hall–Kier alpha value is -2.89. The van der Waals surface area contributed by atoms with Gasteiger partial charge in [0, 0.05) is 25.4 Å². The Balaban J connectivity index is 1.82. The zero-order chi connectivity index (χ0) is 15.1. The van der Waals surface area contributed by atoms with Crippen molar-refractivity contribution in [2.75, 3.05) is 10.6 Å². The number of benzene rings is 1. The minimum Gasteiger partial charge on any atom is -0.334 e. The Kier molecular flexibility index (Phi) is 4.87. The van der Waals surface area contributed by atoms with Gasteiger partial charge in [-0.15, -0.1) is 0 Å². The predicted octanol–water partition coefficient (Wildman–Crippen LogP) is 2.36. The van der Waals surface area contributed by atoms with Gasteiger partial charge in [-0.3, -0.25) is 4.79 Å². The van der Waals surface area contributed by atoms with Crippen LogP contribution in [0.15, 0.2) is 48.7 Å². The van der Waals surface area contributed by atoms with Crippen LogP contribution in [0.1, 0.15) is 12.5 Å². The molecule has 0 fully saturated rings. The predicted molar refractivity (Wildman–Crippen MR) is 80.8 cm³/mol. The largest absolute Gasteiger partial charge is 0.334 e. The van der Waals surface area contributed by atoms with Gasteiger partial charge >= 0.3 is 6.03 Å². The number of para-hydroxylation sites is 1. The monoisotopic (exact) mass is 284 g/mol. The van der Waals surface area contributed by atoms with Crippen LogP contribution >= 0.6 is 0 Å². The average molecular weight is 284 g/mol. The number of pyridine rings is 1. The van der Waals surface area contributed by atoms with Gasteiger partial charge in [0.05, 0.1) is 0 Å². The van der Waals surface area contributed by atoms with Crippen molar-refractivity contribution in [3.8, 4) is 0 Å². The summed E-state index contributed by atoms with van der Waals surface area (Å²) in [7, 11) is 0. The van der Waals surface area contributed by atoms with Gasteiger partial charge in [-0.2, -0.15) is 0 Å². The summed E-state index contributed by atoms with van der Waals surface area (Å²) in [5.74, 6) is 0.315. The van der Waals surface area contributed by atoms with Crippen LogP contribution in [0.5, 0.6) is 0 Å². The number of nitrogens with zero attached hydrogens (tertiary/aromatic N) is 1. The number of hydrogen-bond donors (Lipinski definition) is 3. The van der Waals surface area contributed by atoms with Crippen molar-refractivity contribution in [3.05, 3.63) is 54.2 Å². The molecule has 3 N–H and O–H groups in total. The molecule has 1 heterocycles. The van der Waals surface area contributed by atoms with E-state index in [1.807, 2.05) is 30.3 Å². The molecule has 0 saturated carbocycles. The van der Waals surface area contributed by atoms with Gasteiger partial charge in [-0.05, 0) is 23.8 Å². The van der Waals surface area contributed by atoms with Gasteiger partial charge in [0.15, 0.2) is 0 Å². The van der Waals surface area contributed by atoms with E-state index in [4.69, 9.17) is 0 Å². The van der Waals surface area contributed by atoms with E-state index >= 15 is 0 Å². The Morgan fingerprint density at radius 2 is 1.81 bits per heavy atom. The highest BCUT2D eigenvalue weighted by atomic mass is 16.2. The maximum Gasteiger partial charge on any atom is 0.319 e. The lowest BCUT2D eigenvalue weighted by Gasteiger charge is -2.08. The van der Waals surface area contributed by atoms with Crippen molar-refractivity contribution < 1.29 is 9.59 Å².